The lowest BCUT2D eigenvalue weighted by molar-refractivity contribution is 0.193. The van der Waals surface area contributed by atoms with E-state index < -0.39 is 0 Å². The van der Waals surface area contributed by atoms with E-state index in [9.17, 15) is 0 Å². The lowest BCUT2D eigenvalue weighted by Crippen LogP contribution is -2.09. The summed E-state index contributed by atoms with van der Waals surface area (Å²) >= 11 is 5.95. The molecule has 1 aliphatic heterocycles. The van der Waals surface area contributed by atoms with Gasteiger partial charge in [0.1, 0.15) is 5.82 Å². The van der Waals surface area contributed by atoms with E-state index in [1.165, 1.54) is 0 Å². The van der Waals surface area contributed by atoms with Gasteiger partial charge >= 0.3 is 0 Å². The van der Waals surface area contributed by atoms with Crippen LogP contribution >= 0.6 is 11.6 Å². The normalized spacial score (nSPS) is 19.3. The Bertz CT molecular complexity index is 520. The second-order valence-electron chi connectivity index (χ2n) is 4.34. The molecule has 4 nitrogen and oxygen atoms in total. The maximum Gasteiger partial charge on any atom is 0.152 e. The molecule has 0 bridgehead atoms. The lowest BCUT2D eigenvalue weighted by atomic mass is 10.1. The van der Waals surface area contributed by atoms with Crippen molar-refractivity contribution in [2.75, 3.05) is 13.2 Å². The molecule has 1 unspecified atom stereocenters. The van der Waals surface area contributed by atoms with Gasteiger partial charge in [0.2, 0.25) is 0 Å². The SMILES string of the molecule is ClCc1nnc(C2CCOC2)n1-c1ccccc1. The van der Waals surface area contributed by atoms with E-state index >= 15 is 0 Å². The van der Waals surface area contributed by atoms with Gasteiger partial charge in [-0.2, -0.15) is 0 Å². The predicted octanol–water partition coefficient (Wildman–Crippen LogP) is 2.51. The van der Waals surface area contributed by atoms with Crippen molar-refractivity contribution in [2.24, 2.45) is 0 Å². The highest BCUT2D eigenvalue weighted by Crippen LogP contribution is 2.27. The zero-order chi connectivity index (χ0) is 12.4. The average molecular weight is 264 g/mol. The van der Waals surface area contributed by atoms with Crippen molar-refractivity contribution < 1.29 is 4.74 Å². The largest absolute Gasteiger partial charge is 0.381 e. The Morgan fingerprint density at radius 3 is 2.78 bits per heavy atom. The van der Waals surface area contributed by atoms with E-state index in [-0.39, 0.29) is 0 Å². The molecular formula is C13H14ClN3O. The second-order valence-corrected chi connectivity index (χ2v) is 4.61. The molecule has 0 spiro atoms. The van der Waals surface area contributed by atoms with Crippen molar-refractivity contribution in [1.29, 1.82) is 0 Å². The molecule has 18 heavy (non-hydrogen) atoms. The Balaban J connectivity index is 2.07. The van der Waals surface area contributed by atoms with Gasteiger partial charge in [-0.3, -0.25) is 4.57 Å². The maximum atomic E-state index is 5.95. The topological polar surface area (TPSA) is 39.9 Å². The number of nitrogens with zero attached hydrogens (tertiary/aromatic N) is 3. The number of alkyl halides is 1. The van der Waals surface area contributed by atoms with Crippen LogP contribution in [0.25, 0.3) is 5.69 Å². The summed E-state index contributed by atoms with van der Waals surface area (Å²) in [7, 11) is 0. The number of rotatable bonds is 3. The van der Waals surface area contributed by atoms with Gasteiger partial charge in [0, 0.05) is 18.2 Å². The van der Waals surface area contributed by atoms with Crippen LogP contribution in [0.1, 0.15) is 24.0 Å². The standard InChI is InChI=1S/C13H14ClN3O/c14-8-12-15-16-13(10-6-7-18-9-10)17(12)11-4-2-1-3-5-11/h1-5,10H,6-9H2. The summed E-state index contributed by atoms with van der Waals surface area (Å²) in [5.41, 5.74) is 1.06. The molecule has 0 radical (unpaired) electrons. The van der Waals surface area contributed by atoms with Crippen molar-refractivity contribution in [3.8, 4) is 5.69 Å². The molecule has 1 fully saturated rings. The van der Waals surface area contributed by atoms with E-state index in [1.54, 1.807) is 0 Å². The van der Waals surface area contributed by atoms with Crippen LogP contribution < -0.4 is 0 Å². The summed E-state index contributed by atoms with van der Waals surface area (Å²) in [4.78, 5) is 0. The van der Waals surface area contributed by atoms with Crippen LogP contribution in [0, 0.1) is 0 Å². The third kappa shape index (κ3) is 2.02. The number of benzene rings is 1. The van der Waals surface area contributed by atoms with Crippen LogP contribution in [-0.2, 0) is 10.6 Å². The van der Waals surface area contributed by atoms with Crippen molar-refractivity contribution in [2.45, 2.75) is 18.2 Å². The van der Waals surface area contributed by atoms with Gasteiger partial charge in [0.25, 0.3) is 0 Å². The molecule has 0 amide bonds. The summed E-state index contributed by atoms with van der Waals surface area (Å²) in [5.74, 6) is 2.41. The summed E-state index contributed by atoms with van der Waals surface area (Å²) in [6.45, 7) is 1.51. The minimum absolute atomic E-state index is 0.315. The number of hydrogen-bond acceptors (Lipinski definition) is 3. The zero-order valence-electron chi connectivity index (χ0n) is 9.92. The monoisotopic (exact) mass is 263 g/mol. The summed E-state index contributed by atoms with van der Waals surface area (Å²) in [6.07, 6.45) is 0.993. The number of para-hydroxylation sites is 1. The fourth-order valence-corrected chi connectivity index (χ4v) is 2.45. The molecule has 0 saturated carbocycles. The lowest BCUT2D eigenvalue weighted by Gasteiger charge is -2.12. The molecule has 0 aliphatic carbocycles. The van der Waals surface area contributed by atoms with E-state index in [0.29, 0.717) is 18.4 Å². The Kier molecular flexibility index (Phi) is 3.30. The Morgan fingerprint density at radius 2 is 2.11 bits per heavy atom. The number of ether oxygens (including phenoxy) is 1. The van der Waals surface area contributed by atoms with Crippen molar-refractivity contribution in [3.63, 3.8) is 0 Å². The minimum atomic E-state index is 0.315. The third-order valence-corrected chi connectivity index (χ3v) is 3.42. The van der Waals surface area contributed by atoms with Crippen molar-refractivity contribution in [1.82, 2.24) is 14.8 Å². The molecule has 1 aromatic carbocycles. The quantitative estimate of drug-likeness (QED) is 0.799. The second kappa shape index (κ2) is 5.08. The molecular weight excluding hydrogens is 250 g/mol. The molecule has 3 rings (SSSR count). The van der Waals surface area contributed by atoms with Gasteiger partial charge in [-0.1, -0.05) is 18.2 Å². The highest BCUT2D eigenvalue weighted by Gasteiger charge is 2.25. The molecule has 1 aromatic heterocycles. The van der Waals surface area contributed by atoms with E-state index in [1.807, 2.05) is 34.9 Å². The summed E-state index contributed by atoms with van der Waals surface area (Å²) in [6, 6.07) is 10.1. The van der Waals surface area contributed by atoms with Crippen molar-refractivity contribution >= 4 is 11.6 Å². The highest BCUT2D eigenvalue weighted by molar-refractivity contribution is 6.16. The molecule has 2 heterocycles. The Morgan fingerprint density at radius 1 is 1.28 bits per heavy atom. The van der Waals surface area contributed by atoms with E-state index in [4.69, 9.17) is 16.3 Å². The number of aromatic nitrogens is 3. The molecule has 1 aliphatic rings. The van der Waals surface area contributed by atoms with Crippen LogP contribution in [0.15, 0.2) is 30.3 Å². The van der Waals surface area contributed by atoms with Crippen LogP contribution in [-0.4, -0.2) is 28.0 Å². The molecule has 1 saturated heterocycles. The van der Waals surface area contributed by atoms with E-state index in [0.717, 1.165) is 30.4 Å². The maximum absolute atomic E-state index is 5.95. The molecule has 0 N–H and O–H groups in total. The van der Waals surface area contributed by atoms with Gasteiger partial charge in [0.15, 0.2) is 5.82 Å². The predicted molar refractivity (Wildman–Crippen MR) is 69.1 cm³/mol. The number of hydrogen-bond donors (Lipinski definition) is 0. The first kappa shape index (κ1) is 11.7. The molecule has 1 atom stereocenters. The first-order chi connectivity index (χ1) is 8.90. The summed E-state index contributed by atoms with van der Waals surface area (Å²) in [5, 5.41) is 8.47. The highest BCUT2D eigenvalue weighted by atomic mass is 35.5. The smallest absolute Gasteiger partial charge is 0.152 e. The van der Waals surface area contributed by atoms with Gasteiger partial charge < -0.3 is 4.74 Å². The molecule has 2 aromatic rings. The Hall–Kier alpha value is -1.39. The van der Waals surface area contributed by atoms with Crippen LogP contribution in [0.3, 0.4) is 0 Å². The Labute approximate surface area is 111 Å². The van der Waals surface area contributed by atoms with Gasteiger partial charge in [-0.25, -0.2) is 0 Å². The molecule has 94 valence electrons. The number of halogens is 1. The van der Waals surface area contributed by atoms with Gasteiger partial charge in [-0.05, 0) is 18.6 Å². The van der Waals surface area contributed by atoms with Gasteiger partial charge in [-0.15, -0.1) is 21.8 Å². The average Bonchev–Trinajstić information content (AvgIpc) is 3.08. The molecule has 5 heteroatoms. The van der Waals surface area contributed by atoms with Gasteiger partial charge in [0.05, 0.1) is 12.5 Å². The van der Waals surface area contributed by atoms with E-state index in [2.05, 4.69) is 10.2 Å². The first-order valence-electron chi connectivity index (χ1n) is 6.03. The first-order valence-corrected chi connectivity index (χ1v) is 6.57. The zero-order valence-corrected chi connectivity index (χ0v) is 10.7. The van der Waals surface area contributed by atoms with Crippen LogP contribution in [0.4, 0.5) is 0 Å². The minimum Gasteiger partial charge on any atom is -0.381 e. The van der Waals surface area contributed by atoms with Crippen molar-refractivity contribution in [3.05, 3.63) is 42.0 Å². The van der Waals surface area contributed by atoms with Crippen LogP contribution in [0.2, 0.25) is 0 Å². The fourth-order valence-electron chi connectivity index (χ4n) is 2.28. The van der Waals surface area contributed by atoms with Crippen LogP contribution in [0.5, 0.6) is 0 Å². The fraction of sp³-hybridized carbons (Fsp3) is 0.385. The third-order valence-electron chi connectivity index (χ3n) is 3.18. The summed E-state index contributed by atoms with van der Waals surface area (Å²) < 4.78 is 7.48.